The van der Waals surface area contributed by atoms with Gasteiger partial charge in [-0.2, -0.15) is 13.2 Å². The van der Waals surface area contributed by atoms with Crippen LogP contribution in [0.2, 0.25) is 0 Å². The number of halogens is 3. The maximum absolute atomic E-state index is 11.8. The van der Waals surface area contributed by atoms with Gasteiger partial charge in [0.05, 0.1) is 0 Å². The second kappa shape index (κ2) is 6.73. The van der Waals surface area contributed by atoms with Gasteiger partial charge in [0.15, 0.2) is 0 Å². The fourth-order valence-corrected chi connectivity index (χ4v) is 1.54. The molecule has 1 unspecified atom stereocenters. The van der Waals surface area contributed by atoms with E-state index in [-0.39, 0.29) is 18.5 Å². The van der Waals surface area contributed by atoms with Gasteiger partial charge in [0.25, 0.3) is 0 Å². The Morgan fingerprint density at radius 1 is 1.31 bits per heavy atom. The average molecular weight is 240 g/mol. The summed E-state index contributed by atoms with van der Waals surface area (Å²) in [6, 6.07) is -0.285. The van der Waals surface area contributed by atoms with E-state index in [1.165, 1.54) is 0 Å². The van der Waals surface area contributed by atoms with E-state index in [0.29, 0.717) is 0 Å². The minimum absolute atomic E-state index is 0.0985. The summed E-state index contributed by atoms with van der Waals surface area (Å²) >= 11 is 0. The Kier molecular flexibility index (Phi) is 6.40. The minimum Gasteiger partial charge on any atom is -0.354 e. The highest BCUT2D eigenvalue weighted by molar-refractivity contribution is 5.76. The normalized spacial score (nSPS) is 13.9. The average Bonchev–Trinajstić information content (AvgIpc) is 2.14. The third kappa shape index (κ3) is 6.66. The van der Waals surface area contributed by atoms with Gasteiger partial charge in [0.1, 0.15) is 6.42 Å². The van der Waals surface area contributed by atoms with Gasteiger partial charge < -0.3 is 11.1 Å². The molecule has 1 atom stereocenters. The second-order valence-electron chi connectivity index (χ2n) is 3.84. The summed E-state index contributed by atoms with van der Waals surface area (Å²) in [5.74, 6) is -0.792. The van der Waals surface area contributed by atoms with Gasteiger partial charge in [-0.25, -0.2) is 0 Å². The van der Waals surface area contributed by atoms with Crippen molar-refractivity contribution in [3.05, 3.63) is 0 Å². The zero-order chi connectivity index (χ0) is 12.8. The zero-order valence-corrected chi connectivity index (χ0v) is 9.60. The molecule has 3 nitrogen and oxygen atoms in total. The maximum Gasteiger partial charge on any atom is 0.397 e. The lowest BCUT2D eigenvalue weighted by Gasteiger charge is -2.21. The van der Waals surface area contributed by atoms with E-state index in [2.05, 4.69) is 5.32 Å². The van der Waals surface area contributed by atoms with E-state index in [1.807, 2.05) is 13.8 Å². The van der Waals surface area contributed by atoms with E-state index in [1.54, 1.807) is 0 Å². The SMILES string of the molecule is CCC(CC)C(N)CNC(=O)CC(F)(F)F. The molecular weight excluding hydrogens is 221 g/mol. The van der Waals surface area contributed by atoms with Crippen LogP contribution in [0.1, 0.15) is 33.1 Å². The zero-order valence-electron chi connectivity index (χ0n) is 9.60. The molecule has 96 valence electrons. The second-order valence-corrected chi connectivity index (χ2v) is 3.84. The summed E-state index contributed by atoms with van der Waals surface area (Å²) in [7, 11) is 0. The molecule has 0 aromatic heterocycles. The number of nitrogens with one attached hydrogen (secondary N) is 1. The molecule has 0 heterocycles. The molecule has 0 radical (unpaired) electrons. The first-order valence-electron chi connectivity index (χ1n) is 5.39. The van der Waals surface area contributed by atoms with Crippen molar-refractivity contribution < 1.29 is 18.0 Å². The van der Waals surface area contributed by atoms with E-state index in [9.17, 15) is 18.0 Å². The lowest BCUT2D eigenvalue weighted by atomic mass is 9.95. The summed E-state index contributed by atoms with van der Waals surface area (Å²) < 4.78 is 35.5. The van der Waals surface area contributed by atoms with Gasteiger partial charge >= 0.3 is 6.18 Å². The lowest BCUT2D eigenvalue weighted by molar-refractivity contribution is -0.153. The third-order valence-electron chi connectivity index (χ3n) is 2.55. The van der Waals surface area contributed by atoms with Crippen molar-refractivity contribution in [2.75, 3.05) is 6.54 Å². The number of rotatable bonds is 6. The van der Waals surface area contributed by atoms with Crippen LogP contribution in [0.25, 0.3) is 0 Å². The highest BCUT2D eigenvalue weighted by Gasteiger charge is 2.31. The number of carbonyl (C=O) groups is 1. The summed E-state index contributed by atoms with van der Waals surface area (Å²) in [6.45, 7) is 4.03. The Morgan fingerprint density at radius 2 is 1.81 bits per heavy atom. The number of hydrogen-bond acceptors (Lipinski definition) is 2. The van der Waals surface area contributed by atoms with E-state index in [4.69, 9.17) is 5.73 Å². The van der Waals surface area contributed by atoms with Crippen LogP contribution in [0.5, 0.6) is 0 Å². The van der Waals surface area contributed by atoms with Crippen molar-refractivity contribution in [1.29, 1.82) is 0 Å². The van der Waals surface area contributed by atoms with Crippen molar-refractivity contribution in [1.82, 2.24) is 5.32 Å². The molecule has 0 saturated carbocycles. The fraction of sp³-hybridized carbons (Fsp3) is 0.900. The molecule has 16 heavy (non-hydrogen) atoms. The molecule has 0 saturated heterocycles. The lowest BCUT2D eigenvalue weighted by Crippen LogP contribution is -2.42. The molecule has 0 aliphatic heterocycles. The molecule has 0 bridgehead atoms. The molecule has 0 rings (SSSR count). The van der Waals surface area contributed by atoms with Gasteiger partial charge in [-0.15, -0.1) is 0 Å². The van der Waals surface area contributed by atoms with Crippen molar-refractivity contribution in [2.45, 2.75) is 45.3 Å². The van der Waals surface area contributed by atoms with Crippen molar-refractivity contribution in [2.24, 2.45) is 11.7 Å². The summed E-state index contributed by atoms with van der Waals surface area (Å²) in [5, 5.41) is 2.20. The Bertz CT molecular complexity index is 215. The summed E-state index contributed by atoms with van der Waals surface area (Å²) in [5.41, 5.74) is 5.76. The van der Waals surface area contributed by atoms with Gasteiger partial charge in [-0.3, -0.25) is 4.79 Å². The largest absolute Gasteiger partial charge is 0.397 e. The standard InChI is InChI=1S/C10H19F3N2O/c1-3-7(4-2)8(14)6-15-9(16)5-10(11,12)13/h7-8H,3-6,14H2,1-2H3,(H,15,16). The van der Waals surface area contributed by atoms with Crippen LogP contribution >= 0.6 is 0 Å². The highest BCUT2D eigenvalue weighted by atomic mass is 19.4. The first-order chi connectivity index (χ1) is 7.30. The molecule has 6 heteroatoms. The smallest absolute Gasteiger partial charge is 0.354 e. The van der Waals surface area contributed by atoms with Crippen LogP contribution < -0.4 is 11.1 Å². The molecule has 0 spiro atoms. The Balaban J connectivity index is 3.92. The molecular formula is C10H19F3N2O. The topological polar surface area (TPSA) is 55.1 Å². The minimum atomic E-state index is -4.46. The first-order valence-corrected chi connectivity index (χ1v) is 5.39. The van der Waals surface area contributed by atoms with Gasteiger partial charge in [-0.05, 0) is 5.92 Å². The Labute approximate surface area is 93.6 Å². The molecule has 0 aliphatic rings. The quantitative estimate of drug-likeness (QED) is 0.744. The predicted molar refractivity (Wildman–Crippen MR) is 55.7 cm³/mol. The first kappa shape index (κ1) is 15.2. The number of carbonyl (C=O) groups excluding carboxylic acids is 1. The van der Waals surface area contributed by atoms with Gasteiger partial charge in [0, 0.05) is 12.6 Å². The monoisotopic (exact) mass is 240 g/mol. The van der Waals surface area contributed by atoms with Crippen LogP contribution in [0.4, 0.5) is 13.2 Å². The van der Waals surface area contributed by atoms with E-state index < -0.39 is 18.5 Å². The molecule has 0 fully saturated rings. The van der Waals surface area contributed by atoms with Crippen molar-refractivity contribution in [3.8, 4) is 0 Å². The molecule has 3 N–H and O–H groups in total. The number of nitrogens with two attached hydrogens (primary N) is 1. The van der Waals surface area contributed by atoms with Crippen molar-refractivity contribution in [3.63, 3.8) is 0 Å². The van der Waals surface area contributed by atoms with Crippen LogP contribution in [0.3, 0.4) is 0 Å². The van der Waals surface area contributed by atoms with Crippen LogP contribution in [-0.4, -0.2) is 24.7 Å². The maximum atomic E-state index is 11.8. The predicted octanol–water partition coefficient (Wildman–Crippen LogP) is 1.82. The summed E-state index contributed by atoms with van der Waals surface area (Å²) in [4.78, 5) is 10.9. The van der Waals surface area contributed by atoms with Crippen LogP contribution in [0.15, 0.2) is 0 Å². The fourth-order valence-electron chi connectivity index (χ4n) is 1.54. The van der Waals surface area contributed by atoms with E-state index in [0.717, 1.165) is 12.8 Å². The Morgan fingerprint density at radius 3 is 2.19 bits per heavy atom. The van der Waals surface area contributed by atoms with Crippen LogP contribution in [0, 0.1) is 5.92 Å². The molecule has 0 aromatic carbocycles. The Hall–Kier alpha value is -0.780. The third-order valence-corrected chi connectivity index (χ3v) is 2.55. The van der Waals surface area contributed by atoms with Gasteiger partial charge in [0.2, 0.25) is 5.91 Å². The molecule has 1 amide bonds. The van der Waals surface area contributed by atoms with Gasteiger partial charge in [-0.1, -0.05) is 26.7 Å². The van der Waals surface area contributed by atoms with Crippen molar-refractivity contribution >= 4 is 5.91 Å². The highest BCUT2D eigenvalue weighted by Crippen LogP contribution is 2.19. The van der Waals surface area contributed by atoms with Crippen LogP contribution in [-0.2, 0) is 4.79 Å². The number of hydrogen-bond donors (Lipinski definition) is 2. The number of alkyl halides is 3. The molecule has 0 aliphatic carbocycles. The van der Waals surface area contributed by atoms with E-state index >= 15 is 0 Å². The molecule has 0 aromatic rings. The number of amides is 1. The summed E-state index contributed by atoms with van der Waals surface area (Å²) in [6.07, 6.45) is -4.19.